The summed E-state index contributed by atoms with van der Waals surface area (Å²) in [5.74, 6) is -1.12. The summed E-state index contributed by atoms with van der Waals surface area (Å²) >= 11 is 0. The Morgan fingerprint density at radius 2 is 2.05 bits per heavy atom. The van der Waals surface area contributed by atoms with Gasteiger partial charge in [0.15, 0.2) is 11.3 Å². The Kier molecular flexibility index (Phi) is 2.93. The molecular weight excluding hydrogens is 260 g/mol. The summed E-state index contributed by atoms with van der Waals surface area (Å²) in [7, 11) is 0. The van der Waals surface area contributed by atoms with Gasteiger partial charge in [0.2, 0.25) is 0 Å². The number of hydrogen-bond donors (Lipinski definition) is 1. The van der Waals surface area contributed by atoms with Gasteiger partial charge in [0.1, 0.15) is 0 Å². The predicted molar refractivity (Wildman–Crippen MR) is 70.5 cm³/mol. The largest absolute Gasteiger partial charge is 0.477 e. The minimum Gasteiger partial charge on any atom is -0.477 e. The number of nitrogens with zero attached hydrogens (tertiary/aromatic N) is 2. The number of carbonyl (C=O) groups excluding carboxylic acids is 1. The van der Waals surface area contributed by atoms with Gasteiger partial charge < -0.3 is 14.8 Å². The Balaban J connectivity index is 1.69. The number of carboxylic acids is 1. The Bertz CT molecular complexity index is 584. The van der Waals surface area contributed by atoms with Crippen LogP contribution in [0.5, 0.6) is 0 Å². The summed E-state index contributed by atoms with van der Waals surface area (Å²) in [5, 5.41) is 12.5. The fourth-order valence-electron chi connectivity index (χ4n) is 2.64. The molecule has 0 aliphatic carbocycles. The van der Waals surface area contributed by atoms with Gasteiger partial charge in [-0.1, -0.05) is 23.4 Å². The molecule has 1 saturated heterocycles. The molecule has 6 nitrogen and oxygen atoms in total. The van der Waals surface area contributed by atoms with Gasteiger partial charge in [0.25, 0.3) is 5.91 Å². The zero-order valence-corrected chi connectivity index (χ0v) is 10.8. The van der Waals surface area contributed by atoms with E-state index in [1.54, 1.807) is 17.0 Å². The van der Waals surface area contributed by atoms with E-state index in [9.17, 15) is 9.59 Å². The molecule has 0 radical (unpaired) electrons. The monoisotopic (exact) mass is 274 g/mol. The number of benzene rings is 1. The lowest BCUT2D eigenvalue weighted by Gasteiger charge is -2.21. The molecule has 1 unspecified atom stereocenters. The van der Waals surface area contributed by atoms with Crippen LogP contribution in [0, 0.1) is 0 Å². The Hall–Kier alpha value is -2.37. The van der Waals surface area contributed by atoms with E-state index in [4.69, 9.17) is 9.94 Å². The fourth-order valence-corrected chi connectivity index (χ4v) is 2.64. The summed E-state index contributed by atoms with van der Waals surface area (Å²) in [6, 6.07) is 9.02. The van der Waals surface area contributed by atoms with Gasteiger partial charge in [-0.3, -0.25) is 4.79 Å². The molecule has 2 heterocycles. The molecule has 0 bridgehead atoms. The van der Waals surface area contributed by atoms with Crippen LogP contribution in [0.3, 0.4) is 0 Å². The lowest BCUT2D eigenvalue weighted by molar-refractivity contribution is -0.129. The van der Waals surface area contributed by atoms with Crippen LogP contribution in [0.4, 0.5) is 0 Å². The number of carboxylic acid groups (broad SMARTS) is 1. The van der Waals surface area contributed by atoms with Gasteiger partial charge in [-0.25, -0.2) is 4.79 Å². The predicted octanol–water partition coefficient (Wildman–Crippen LogP) is 1.13. The quantitative estimate of drug-likeness (QED) is 0.876. The SMILES string of the molecule is O=C(O)C1=NOC2(CCN(C(=O)c3ccccc3)C2)C1. The summed E-state index contributed by atoms with van der Waals surface area (Å²) in [4.78, 5) is 30.2. The molecular formula is C14H14N2O4. The zero-order valence-electron chi connectivity index (χ0n) is 10.8. The molecule has 1 amide bonds. The van der Waals surface area contributed by atoms with Crippen LogP contribution in [0.25, 0.3) is 0 Å². The molecule has 1 atom stereocenters. The van der Waals surface area contributed by atoms with E-state index < -0.39 is 11.6 Å². The lowest BCUT2D eigenvalue weighted by Crippen LogP contribution is -2.36. The van der Waals surface area contributed by atoms with E-state index in [1.807, 2.05) is 18.2 Å². The van der Waals surface area contributed by atoms with Gasteiger partial charge >= 0.3 is 5.97 Å². The molecule has 6 heteroatoms. The van der Waals surface area contributed by atoms with Crippen LogP contribution in [0.2, 0.25) is 0 Å². The van der Waals surface area contributed by atoms with Gasteiger partial charge in [0, 0.05) is 24.9 Å². The Morgan fingerprint density at radius 1 is 1.30 bits per heavy atom. The molecule has 2 aliphatic rings. The molecule has 0 saturated carbocycles. The molecule has 104 valence electrons. The second-order valence-corrected chi connectivity index (χ2v) is 5.14. The van der Waals surface area contributed by atoms with Crippen LogP contribution in [0.1, 0.15) is 23.2 Å². The van der Waals surface area contributed by atoms with Crippen molar-refractivity contribution < 1.29 is 19.5 Å². The highest BCUT2D eigenvalue weighted by Crippen LogP contribution is 2.34. The first kappa shape index (κ1) is 12.7. The number of rotatable bonds is 2. The van der Waals surface area contributed by atoms with Crippen molar-refractivity contribution in [2.24, 2.45) is 5.16 Å². The van der Waals surface area contributed by atoms with Crippen LogP contribution in [-0.2, 0) is 9.63 Å². The molecule has 3 rings (SSSR count). The van der Waals surface area contributed by atoms with Crippen LogP contribution in [0.15, 0.2) is 35.5 Å². The minimum atomic E-state index is -1.06. The smallest absolute Gasteiger partial charge is 0.353 e. The summed E-state index contributed by atoms with van der Waals surface area (Å²) in [5.41, 5.74) is -0.000957. The van der Waals surface area contributed by atoms with E-state index in [2.05, 4.69) is 5.16 Å². The second-order valence-electron chi connectivity index (χ2n) is 5.14. The van der Waals surface area contributed by atoms with Crippen molar-refractivity contribution in [2.45, 2.75) is 18.4 Å². The molecule has 1 aromatic rings. The third-order valence-electron chi connectivity index (χ3n) is 3.71. The van der Waals surface area contributed by atoms with Gasteiger partial charge in [-0.05, 0) is 12.1 Å². The number of carbonyl (C=O) groups is 2. The van der Waals surface area contributed by atoms with Crippen LogP contribution < -0.4 is 0 Å². The van der Waals surface area contributed by atoms with Crippen molar-refractivity contribution in [1.29, 1.82) is 0 Å². The van der Waals surface area contributed by atoms with Gasteiger partial charge in [-0.15, -0.1) is 0 Å². The summed E-state index contributed by atoms with van der Waals surface area (Å²) < 4.78 is 0. The topological polar surface area (TPSA) is 79.2 Å². The average Bonchev–Trinajstić information content (AvgIpc) is 3.07. The molecule has 1 spiro atoms. The lowest BCUT2D eigenvalue weighted by atomic mass is 9.97. The van der Waals surface area contributed by atoms with Crippen LogP contribution >= 0.6 is 0 Å². The number of aliphatic carboxylic acids is 1. The highest BCUT2D eigenvalue weighted by atomic mass is 16.7. The molecule has 1 fully saturated rings. The average molecular weight is 274 g/mol. The summed E-state index contributed by atoms with van der Waals surface area (Å²) in [6.45, 7) is 0.928. The third kappa shape index (κ3) is 2.13. The van der Waals surface area contributed by atoms with E-state index >= 15 is 0 Å². The Labute approximate surface area is 115 Å². The third-order valence-corrected chi connectivity index (χ3v) is 3.71. The van der Waals surface area contributed by atoms with Gasteiger partial charge in [0.05, 0.1) is 6.54 Å². The first-order valence-electron chi connectivity index (χ1n) is 6.42. The first-order valence-corrected chi connectivity index (χ1v) is 6.42. The molecule has 20 heavy (non-hydrogen) atoms. The van der Waals surface area contributed by atoms with Crippen molar-refractivity contribution in [1.82, 2.24) is 4.90 Å². The maximum absolute atomic E-state index is 12.3. The van der Waals surface area contributed by atoms with Gasteiger partial charge in [-0.2, -0.15) is 0 Å². The number of likely N-dealkylation sites (tertiary alicyclic amines) is 1. The number of amides is 1. The van der Waals surface area contributed by atoms with E-state index in [0.717, 1.165) is 0 Å². The standard InChI is InChI=1S/C14H14N2O4/c17-12(10-4-2-1-3-5-10)16-7-6-14(9-16)8-11(13(18)19)15-20-14/h1-5H,6-9H2,(H,18,19). The Morgan fingerprint density at radius 3 is 2.70 bits per heavy atom. The van der Waals surface area contributed by atoms with E-state index in [1.165, 1.54) is 0 Å². The number of oxime groups is 1. The highest BCUT2D eigenvalue weighted by molar-refractivity contribution is 6.36. The van der Waals surface area contributed by atoms with Crippen molar-refractivity contribution in [3.63, 3.8) is 0 Å². The fraction of sp³-hybridized carbons (Fsp3) is 0.357. The normalized spacial score (nSPS) is 24.6. The maximum atomic E-state index is 12.3. The van der Waals surface area contributed by atoms with Crippen molar-refractivity contribution in [3.8, 4) is 0 Å². The van der Waals surface area contributed by atoms with E-state index in [0.29, 0.717) is 25.1 Å². The summed E-state index contributed by atoms with van der Waals surface area (Å²) in [6.07, 6.45) is 0.854. The number of hydrogen-bond acceptors (Lipinski definition) is 4. The van der Waals surface area contributed by atoms with E-state index in [-0.39, 0.29) is 18.0 Å². The maximum Gasteiger partial charge on any atom is 0.353 e. The van der Waals surface area contributed by atoms with Crippen molar-refractivity contribution in [3.05, 3.63) is 35.9 Å². The first-order chi connectivity index (χ1) is 9.60. The highest BCUT2D eigenvalue weighted by Gasteiger charge is 2.48. The van der Waals surface area contributed by atoms with Crippen molar-refractivity contribution >= 4 is 17.6 Å². The molecule has 0 aromatic heterocycles. The minimum absolute atomic E-state index is 0.0269. The molecule has 2 aliphatic heterocycles. The zero-order chi connectivity index (χ0) is 14.2. The molecule has 1 N–H and O–H groups in total. The molecule has 1 aromatic carbocycles. The second kappa shape index (κ2) is 4.63. The van der Waals surface area contributed by atoms with Crippen LogP contribution in [-0.4, -0.2) is 46.3 Å². The van der Waals surface area contributed by atoms with Crippen molar-refractivity contribution in [2.75, 3.05) is 13.1 Å².